The van der Waals surface area contributed by atoms with Gasteiger partial charge in [0.15, 0.2) is 11.2 Å². The molecule has 4 rings (SSSR count). The van der Waals surface area contributed by atoms with Crippen LogP contribution in [0.1, 0.15) is 6.42 Å². The number of halogens is 1. The van der Waals surface area contributed by atoms with Crippen LogP contribution in [0.2, 0.25) is 5.02 Å². The molecule has 24 heavy (non-hydrogen) atoms. The predicted octanol–water partition coefficient (Wildman–Crippen LogP) is 1.63. The minimum Gasteiger partial charge on any atom is -0.310 e. The Balaban J connectivity index is 2.06. The number of aryl methyl sites for hydroxylation is 2. The van der Waals surface area contributed by atoms with Crippen LogP contribution in [0.15, 0.2) is 33.9 Å². The summed E-state index contributed by atoms with van der Waals surface area (Å²) in [5.74, 6) is 0.641. The van der Waals surface area contributed by atoms with Gasteiger partial charge in [-0.25, -0.2) is 4.79 Å². The summed E-state index contributed by atoms with van der Waals surface area (Å²) in [5.41, 5.74) is 0.987. The minimum absolute atomic E-state index is 0.326. The highest BCUT2D eigenvalue weighted by Gasteiger charge is 2.27. The Morgan fingerprint density at radius 2 is 1.83 bits per heavy atom. The fraction of sp³-hybridized carbons (Fsp3) is 0.312. The molecule has 0 fully saturated rings. The van der Waals surface area contributed by atoms with Crippen LogP contribution in [0.3, 0.4) is 0 Å². The third-order valence-corrected chi connectivity index (χ3v) is 4.80. The molecule has 0 saturated carbocycles. The number of hydrogen-bond acceptors (Lipinski definition) is 4. The number of anilines is 2. The van der Waals surface area contributed by atoms with Gasteiger partial charge in [0.2, 0.25) is 5.95 Å². The first kappa shape index (κ1) is 15.0. The van der Waals surface area contributed by atoms with Crippen LogP contribution in [0, 0.1) is 0 Å². The van der Waals surface area contributed by atoms with Crippen molar-refractivity contribution in [3.8, 4) is 0 Å². The van der Waals surface area contributed by atoms with E-state index in [1.807, 2.05) is 33.7 Å². The van der Waals surface area contributed by atoms with E-state index in [-0.39, 0.29) is 11.2 Å². The average molecular weight is 346 g/mol. The lowest BCUT2D eigenvalue weighted by Crippen LogP contribution is -2.38. The Morgan fingerprint density at radius 1 is 1.08 bits per heavy atom. The molecule has 2 aromatic heterocycles. The number of hydrogen-bond donors (Lipinski definition) is 0. The first-order valence-electron chi connectivity index (χ1n) is 7.69. The highest BCUT2D eigenvalue weighted by atomic mass is 35.5. The zero-order valence-corrected chi connectivity index (χ0v) is 14.1. The van der Waals surface area contributed by atoms with Gasteiger partial charge in [-0.15, -0.1) is 0 Å². The molecule has 3 aromatic rings. The van der Waals surface area contributed by atoms with Gasteiger partial charge in [0.25, 0.3) is 5.56 Å². The molecule has 8 heteroatoms. The third kappa shape index (κ3) is 1.94. The molecule has 0 N–H and O–H groups in total. The molecular weight excluding hydrogens is 330 g/mol. The molecule has 1 aromatic carbocycles. The van der Waals surface area contributed by atoms with Gasteiger partial charge in [-0.2, -0.15) is 4.98 Å². The van der Waals surface area contributed by atoms with Crippen molar-refractivity contribution in [3.63, 3.8) is 0 Å². The lowest BCUT2D eigenvalue weighted by atomic mass is 10.2. The molecule has 0 amide bonds. The number of para-hydroxylation sites is 1. The van der Waals surface area contributed by atoms with Crippen molar-refractivity contribution in [1.29, 1.82) is 0 Å². The van der Waals surface area contributed by atoms with E-state index in [0.29, 0.717) is 28.7 Å². The second kappa shape index (κ2) is 5.24. The number of rotatable bonds is 1. The van der Waals surface area contributed by atoms with Crippen molar-refractivity contribution in [3.05, 3.63) is 50.1 Å². The Hall–Kier alpha value is -2.54. The van der Waals surface area contributed by atoms with Crippen LogP contribution in [0.5, 0.6) is 0 Å². The molecule has 1 aliphatic rings. The van der Waals surface area contributed by atoms with Gasteiger partial charge in [0.05, 0.1) is 10.7 Å². The molecule has 124 valence electrons. The van der Waals surface area contributed by atoms with Crippen LogP contribution < -0.4 is 16.1 Å². The van der Waals surface area contributed by atoms with Crippen molar-refractivity contribution in [2.24, 2.45) is 14.1 Å². The maximum Gasteiger partial charge on any atom is 0.332 e. The molecular formula is C16H16ClN5O2. The SMILES string of the molecule is Cn1c(=O)c2c(nc3n2CCCN3c2ccccc2Cl)n(C)c1=O. The fourth-order valence-corrected chi connectivity index (χ4v) is 3.48. The van der Waals surface area contributed by atoms with E-state index in [2.05, 4.69) is 4.98 Å². The molecule has 0 unspecified atom stereocenters. The normalized spacial score (nSPS) is 14.2. The van der Waals surface area contributed by atoms with Crippen molar-refractivity contribution in [1.82, 2.24) is 18.7 Å². The monoisotopic (exact) mass is 345 g/mol. The fourth-order valence-electron chi connectivity index (χ4n) is 3.24. The summed E-state index contributed by atoms with van der Waals surface area (Å²) in [5, 5.41) is 0.625. The van der Waals surface area contributed by atoms with E-state index < -0.39 is 0 Å². The van der Waals surface area contributed by atoms with Gasteiger partial charge in [-0.05, 0) is 18.6 Å². The maximum atomic E-state index is 12.6. The Labute approximate surface area is 142 Å². The van der Waals surface area contributed by atoms with Gasteiger partial charge in [0, 0.05) is 27.2 Å². The van der Waals surface area contributed by atoms with E-state index in [1.165, 1.54) is 11.6 Å². The van der Waals surface area contributed by atoms with Crippen LogP contribution in [0.25, 0.3) is 11.2 Å². The van der Waals surface area contributed by atoms with Crippen LogP contribution in [-0.2, 0) is 20.6 Å². The highest BCUT2D eigenvalue weighted by molar-refractivity contribution is 6.33. The minimum atomic E-state index is -0.382. The first-order chi connectivity index (χ1) is 11.5. The van der Waals surface area contributed by atoms with Crippen LogP contribution in [0.4, 0.5) is 11.6 Å². The Morgan fingerprint density at radius 3 is 2.58 bits per heavy atom. The lowest BCUT2D eigenvalue weighted by molar-refractivity contribution is 0.600. The second-order valence-electron chi connectivity index (χ2n) is 5.90. The third-order valence-electron chi connectivity index (χ3n) is 4.48. The zero-order valence-electron chi connectivity index (χ0n) is 13.4. The molecule has 0 aliphatic carbocycles. The van der Waals surface area contributed by atoms with E-state index >= 15 is 0 Å². The van der Waals surface area contributed by atoms with Crippen molar-refractivity contribution >= 4 is 34.4 Å². The van der Waals surface area contributed by atoms with Crippen molar-refractivity contribution in [2.75, 3.05) is 11.4 Å². The van der Waals surface area contributed by atoms with Gasteiger partial charge >= 0.3 is 5.69 Å². The van der Waals surface area contributed by atoms with Crippen molar-refractivity contribution in [2.45, 2.75) is 13.0 Å². The number of benzene rings is 1. The van der Waals surface area contributed by atoms with E-state index in [9.17, 15) is 9.59 Å². The van der Waals surface area contributed by atoms with Gasteiger partial charge in [-0.1, -0.05) is 23.7 Å². The summed E-state index contributed by atoms with van der Waals surface area (Å²) in [6, 6.07) is 7.54. The summed E-state index contributed by atoms with van der Waals surface area (Å²) in [6.45, 7) is 1.43. The van der Waals surface area contributed by atoms with Crippen LogP contribution >= 0.6 is 11.6 Å². The Bertz CT molecular complexity index is 1080. The molecule has 3 heterocycles. The molecule has 0 spiro atoms. The number of fused-ring (bicyclic) bond motifs is 3. The molecule has 0 radical (unpaired) electrons. The van der Waals surface area contributed by atoms with Gasteiger partial charge in [0.1, 0.15) is 0 Å². The van der Waals surface area contributed by atoms with Gasteiger partial charge in [-0.3, -0.25) is 13.9 Å². The summed E-state index contributed by atoms with van der Waals surface area (Å²) >= 11 is 6.34. The average Bonchev–Trinajstić information content (AvgIpc) is 2.98. The van der Waals surface area contributed by atoms with Gasteiger partial charge < -0.3 is 9.47 Å². The summed E-state index contributed by atoms with van der Waals surface area (Å²) in [4.78, 5) is 31.3. The number of aromatic nitrogens is 4. The molecule has 7 nitrogen and oxygen atoms in total. The maximum absolute atomic E-state index is 12.6. The first-order valence-corrected chi connectivity index (χ1v) is 8.07. The Kier molecular flexibility index (Phi) is 3.28. The smallest absolute Gasteiger partial charge is 0.310 e. The van der Waals surface area contributed by atoms with Crippen LogP contribution in [-0.4, -0.2) is 25.2 Å². The standard InChI is InChI=1S/C16H16ClN5O2/c1-19-13-12(14(23)20(2)16(19)24)22-9-5-8-21(15(22)18-13)11-7-4-3-6-10(11)17/h3-4,6-7H,5,8-9H2,1-2H3. The predicted molar refractivity (Wildman–Crippen MR) is 93.3 cm³/mol. The lowest BCUT2D eigenvalue weighted by Gasteiger charge is -2.29. The summed E-state index contributed by atoms with van der Waals surface area (Å²) in [7, 11) is 3.11. The number of nitrogens with zero attached hydrogens (tertiary/aromatic N) is 5. The number of imidazole rings is 1. The van der Waals surface area contributed by atoms with Crippen molar-refractivity contribution < 1.29 is 0 Å². The van der Waals surface area contributed by atoms with E-state index in [0.717, 1.165) is 23.2 Å². The topological polar surface area (TPSA) is 65.1 Å². The molecule has 0 saturated heterocycles. The largest absolute Gasteiger partial charge is 0.332 e. The zero-order chi connectivity index (χ0) is 17.0. The molecule has 0 bridgehead atoms. The quantitative estimate of drug-likeness (QED) is 0.672. The summed E-state index contributed by atoms with van der Waals surface area (Å²) < 4.78 is 4.41. The highest BCUT2D eigenvalue weighted by Crippen LogP contribution is 2.34. The van der Waals surface area contributed by atoms with E-state index in [1.54, 1.807) is 7.05 Å². The second-order valence-corrected chi connectivity index (χ2v) is 6.31. The summed E-state index contributed by atoms with van der Waals surface area (Å²) in [6.07, 6.45) is 0.857. The molecule has 0 atom stereocenters. The molecule has 1 aliphatic heterocycles. The van der Waals surface area contributed by atoms with E-state index in [4.69, 9.17) is 11.6 Å².